The Morgan fingerprint density at radius 1 is 1.00 bits per heavy atom. The van der Waals surface area contributed by atoms with E-state index >= 15 is 0 Å². The predicted molar refractivity (Wildman–Crippen MR) is 104 cm³/mol. The first-order valence-corrected chi connectivity index (χ1v) is 11.9. The standard InChI is InChI=1S/C20H38O3Si/c1-15(2)24(16(3)4,17(5)6)23-19-11-9-8-10-12-20(21)22-14-13-18(19)7/h15-17,19H,7-14H2,1-6H3. The number of hydrogen-bond donors (Lipinski definition) is 0. The highest BCUT2D eigenvalue weighted by Crippen LogP contribution is 2.44. The second-order valence-electron chi connectivity index (χ2n) is 8.15. The number of cyclic esters (lactones) is 1. The SMILES string of the molecule is C=C1CCOC(=O)CCCCCC1O[Si](C(C)C)(C(C)C)C(C)C. The molecule has 0 aromatic rings. The van der Waals surface area contributed by atoms with Crippen molar-refractivity contribution in [3.8, 4) is 0 Å². The van der Waals surface area contributed by atoms with Crippen molar-refractivity contribution >= 4 is 14.3 Å². The van der Waals surface area contributed by atoms with Crippen molar-refractivity contribution in [2.24, 2.45) is 0 Å². The lowest BCUT2D eigenvalue weighted by molar-refractivity contribution is -0.143. The lowest BCUT2D eigenvalue weighted by atomic mass is 10.0. The summed E-state index contributed by atoms with van der Waals surface area (Å²) in [6.45, 7) is 18.7. The fourth-order valence-corrected chi connectivity index (χ4v) is 9.90. The average Bonchev–Trinajstić information content (AvgIpc) is 2.50. The number of rotatable bonds is 5. The van der Waals surface area contributed by atoms with Gasteiger partial charge in [-0.1, -0.05) is 61.0 Å². The Balaban J connectivity index is 2.95. The van der Waals surface area contributed by atoms with Crippen molar-refractivity contribution in [1.82, 2.24) is 0 Å². The molecular weight excluding hydrogens is 316 g/mol. The third-order valence-corrected chi connectivity index (χ3v) is 11.6. The summed E-state index contributed by atoms with van der Waals surface area (Å²) in [6, 6.07) is 0. The van der Waals surface area contributed by atoms with Crippen LogP contribution in [0.4, 0.5) is 0 Å². The largest absolute Gasteiger partial charge is 0.465 e. The fraction of sp³-hybridized carbons (Fsp3) is 0.850. The Morgan fingerprint density at radius 3 is 2.12 bits per heavy atom. The maximum Gasteiger partial charge on any atom is 0.305 e. The first-order valence-electron chi connectivity index (χ1n) is 9.72. The van der Waals surface area contributed by atoms with Crippen LogP contribution in [0.15, 0.2) is 12.2 Å². The molecule has 0 amide bonds. The summed E-state index contributed by atoms with van der Waals surface area (Å²) < 4.78 is 12.3. The van der Waals surface area contributed by atoms with Crippen molar-refractivity contribution in [3.63, 3.8) is 0 Å². The van der Waals surface area contributed by atoms with Crippen molar-refractivity contribution < 1.29 is 14.0 Å². The van der Waals surface area contributed by atoms with Gasteiger partial charge < -0.3 is 9.16 Å². The molecule has 24 heavy (non-hydrogen) atoms. The van der Waals surface area contributed by atoms with Crippen LogP contribution in [-0.2, 0) is 14.0 Å². The van der Waals surface area contributed by atoms with E-state index < -0.39 is 8.32 Å². The Labute approximate surface area is 150 Å². The lowest BCUT2D eigenvalue weighted by Gasteiger charge is -2.45. The highest BCUT2D eigenvalue weighted by Gasteiger charge is 2.46. The molecule has 1 atom stereocenters. The zero-order chi connectivity index (χ0) is 18.3. The van der Waals surface area contributed by atoms with Crippen LogP contribution in [0, 0.1) is 0 Å². The molecule has 1 aliphatic heterocycles. The van der Waals surface area contributed by atoms with Crippen molar-refractivity contribution in [2.45, 2.75) is 103 Å². The van der Waals surface area contributed by atoms with E-state index in [1.54, 1.807) is 0 Å². The molecule has 1 aliphatic rings. The summed E-state index contributed by atoms with van der Waals surface area (Å²) in [5.74, 6) is -0.0718. The monoisotopic (exact) mass is 354 g/mol. The van der Waals surface area contributed by atoms with Crippen LogP contribution < -0.4 is 0 Å². The van der Waals surface area contributed by atoms with Gasteiger partial charge >= 0.3 is 5.97 Å². The zero-order valence-corrected chi connectivity index (χ0v) is 17.7. The molecule has 1 heterocycles. The molecule has 1 unspecified atom stereocenters. The third-order valence-electron chi connectivity index (χ3n) is 5.54. The van der Waals surface area contributed by atoms with E-state index in [0.29, 0.717) is 29.7 Å². The van der Waals surface area contributed by atoms with Gasteiger partial charge in [0.25, 0.3) is 0 Å². The van der Waals surface area contributed by atoms with Crippen LogP contribution in [-0.4, -0.2) is 27.0 Å². The van der Waals surface area contributed by atoms with Gasteiger partial charge in [0.1, 0.15) is 0 Å². The molecule has 4 heteroatoms. The number of esters is 1. The van der Waals surface area contributed by atoms with Gasteiger partial charge in [0.05, 0.1) is 12.7 Å². The predicted octanol–water partition coefficient (Wildman–Crippen LogP) is 6.00. The normalized spacial score (nSPS) is 22.0. The molecule has 0 N–H and O–H groups in total. The van der Waals surface area contributed by atoms with Crippen molar-refractivity contribution in [2.75, 3.05) is 6.61 Å². The van der Waals surface area contributed by atoms with Gasteiger partial charge in [0, 0.05) is 12.8 Å². The number of carbonyl (C=O) groups excluding carboxylic acids is 1. The van der Waals surface area contributed by atoms with Gasteiger partial charge in [0.2, 0.25) is 8.32 Å². The molecule has 0 aliphatic carbocycles. The van der Waals surface area contributed by atoms with E-state index in [9.17, 15) is 4.79 Å². The van der Waals surface area contributed by atoms with E-state index in [1.807, 2.05) is 0 Å². The molecule has 0 spiro atoms. The zero-order valence-electron chi connectivity index (χ0n) is 16.7. The maximum atomic E-state index is 11.6. The molecule has 0 radical (unpaired) electrons. The molecule has 1 saturated heterocycles. The number of carbonyl (C=O) groups is 1. The number of ether oxygens (including phenoxy) is 1. The van der Waals surface area contributed by atoms with Crippen LogP contribution in [0.1, 0.15) is 80.1 Å². The summed E-state index contributed by atoms with van der Waals surface area (Å²) >= 11 is 0. The van der Waals surface area contributed by atoms with Crippen LogP contribution in [0.3, 0.4) is 0 Å². The van der Waals surface area contributed by atoms with Gasteiger partial charge in [-0.05, 0) is 35.0 Å². The van der Waals surface area contributed by atoms with Gasteiger partial charge in [-0.15, -0.1) is 0 Å². The molecule has 0 saturated carbocycles. The Morgan fingerprint density at radius 2 is 1.58 bits per heavy atom. The molecule has 0 bridgehead atoms. The van der Waals surface area contributed by atoms with Gasteiger partial charge in [-0.3, -0.25) is 4.79 Å². The molecule has 0 aromatic carbocycles. The van der Waals surface area contributed by atoms with Crippen LogP contribution in [0.5, 0.6) is 0 Å². The Bertz CT molecular complexity index is 393. The molecule has 0 aromatic heterocycles. The second-order valence-corrected chi connectivity index (χ2v) is 13.6. The van der Waals surface area contributed by atoms with Crippen LogP contribution >= 0.6 is 0 Å². The lowest BCUT2D eigenvalue weighted by Crippen LogP contribution is -2.50. The molecule has 3 nitrogen and oxygen atoms in total. The third kappa shape index (κ3) is 5.45. The summed E-state index contributed by atoms with van der Waals surface area (Å²) in [5.41, 5.74) is 2.81. The minimum Gasteiger partial charge on any atom is -0.465 e. The molecular formula is C20H38O3Si. The summed E-state index contributed by atoms with van der Waals surface area (Å²) in [4.78, 5) is 11.6. The van der Waals surface area contributed by atoms with Gasteiger partial charge in [-0.2, -0.15) is 0 Å². The second kappa shape index (κ2) is 9.76. The maximum absolute atomic E-state index is 11.6. The highest BCUT2D eigenvalue weighted by atomic mass is 28.4. The molecule has 1 rings (SSSR count). The van der Waals surface area contributed by atoms with Gasteiger partial charge in [0.15, 0.2) is 0 Å². The van der Waals surface area contributed by atoms with Crippen molar-refractivity contribution in [1.29, 1.82) is 0 Å². The van der Waals surface area contributed by atoms with E-state index in [1.165, 1.54) is 0 Å². The van der Waals surface area contributed by atoms with Crippen LogP contribution in [0.25, 0.3) is 0 Å². The summed E-state index contributed by atoms with van der Waals surface area (Å²) in [5, 5.41) is 0. The highest BCUT2D eigenvalue weighted by molar-refractivity contribution is 6.77. The fourth-order valence-electron chi connectivity index (χ4n) is 4.31. The number of hydrogen-bond acceptors (Lipinski definition) is 3. The minimum absolute atomic E-state index is 0.0718. The molecule has 140 valence electrons. The molecule has 1 fully saturated rings. The van der Waals surface area contributed by atoms with E-state index in [2.05, 4.69) is 48.1 Å². The van der Waals surface area contributed by atoms with E-state index in [4.69, 9.17) is 9.16 Å². The quantitative estimate of drug-likeness (QED) is 0.345. The average molecular weight is 355 g/mol. The Hall–Kier alpha value is -0.613. The van der Waals surface area contributed by atoms with Gasteiger partial charge in [-0.25, -0.2) is 0 Å². The smallest absolute Gasteiger partial charge is 0.305 e. The van der Waals surface area contributed by atoms with Crippen LogP contribution in [0.2, 0.25) is 16.6 Å². The van der Waals surface area contributed by atoms with Crippen molar-refractivity contribution in [3.05, 3.63) is 12.2 Å². The van der Waals surface area contributed by atoms with E-state index in [0.717, 1.165) is 37.7 Å². The topological polar surface area (TPSA) is 35.5 Å². The minimum atomic E-state index is -1.92. The Kier molecular flexibility index (Phi) is 8.72. The first kappa shape index (κ1) is 21.4. The van der Waals surface area contributed by atoms with E-state index in [-0.39, 0.29) is 12.1 Å². The summed E-state index contributed by atoms with van der Waals surface area (Å²) in [6.07, 6.45) is 5.46. The first-order chi connectivity index (χ1) is 11.2. The summed E-state index contributed by atoms with van der Waals surface area (Å²) in [7, 11) is -1.92.